The molecule has 2 aromatic rings. The van der Waals surface area contributed by atoms with Crippen molar-refractivity contribution in [1.29, 1.82) is 0 Å². The van der Waals surface area contributed by atoms with Crippen LogP contribution in [0.4, 0.5) is 5.69 Å². The van der Waals surface area contributed by atoms with Crippen LogP contribution in [0.2, 0.25) is 5.02 Å². The van der Waals surface area contributed by atoms with Gasteiger partial charge in [0.2, 0.25) is 0 Å². The van der Waals surface area contributed by atoms with Crippen LogP contribution in [0.5, 0.6) is 0 Å². The summed E-state index contributed by atoms with van der Waals surface area (Å²) in [6.07, 6.45) is 3.63. The second kappa shape index (κ2) is 4.16. The van der Waals surface area contributed by atoms with Crippen molar-refractivity contribution in [2.75, 3.05) is 5.73 Å². The summed E-state index contributed by atoms with van der Waals surface area (Å²) in [5.41, 5.74) is 6.52. The van der Waals surface area contributed by atoms with E-state index in [9.17, 15) is 0 Å². The molecule has 0 aliphatic carbocycles. The normalized spacial score (nSPS) is 10.5. The molecule has 0 amide bonds. The molecular weight excluding hydrogens is 230 g/mol. The lowest BCUT2D eigenvalue weighted by molar-refractivity contribution is 0.790. The van der Waals surface area contributed by atoms with E-state index in [1.807, 2.05) is 36.0 Å². The average molecular weight is 240 g/mol. The van der Waals surface area contributed by atoms with Crippen molar-refractivity contribution in [2.24, 2.45) is 7.05 Å². The minimum atomic E-state index is 0.656. The molecule has 3 nitrogen and oxygen atoms in total. The highest BCUT2D eigenvalue weighted by Gasteiger charge is 2.09. The minimum Gasteiger partial charge on any atom is -0.398 e. The smallest absolute Gasteiger partial charge is 0.172 e. The molecule has 0 atom stereocenters. The van der Waals surface area contributed by atoms with Crippen LogP contribution in [0.3, 0.4) is 0 Å². The van der Waals surface area contributed by atoms with Crippen molar-refractivity contribution in [2.45, 2.75) is 10.1 Å². The summed E-state index contributed by atoms with van der Waals surface area (Å²) in [5.74, 6) is 0. The van der Waals surface area contributed by atoms with E-state index < -0.39 is 0 Å². The summed E-state index contributed by atoms with van der Waals surface area (Å²) in [7, 11) is 1.93. The lowest BCUT2D eigenvalue weighted by Crippen LogP contribution is -1.92. The molecule has 1 aromatic heterocycles. The first kappa shape index (κ1) is 10.4. The lowest BCUT2D eigenvalue weighted by Gasteiger charge is -2.06. The van der Waals surface area contributed by atoms with Gasteiger partial charge in [0.25, 0.3) is 0 Å². The zero-order valence-electron chi connectivity index (χ0n) is 8.14. The maximum atomic E-state index is 6.06. The van der Waals surface area contributed by atoms with Gasteiger partial charge in [0.1, 0.15) is 0 Å². The number of hydrogen-bond donors (Lipinski definition) is 1. The first-order valence-electron chi connectivity index (χ1n) is 4.37. The molecule has 5 heteroatoms. The zero-order chi connectivity index (χ0) is 10.8. The van der Waals surface area contributed by atoms with Crippen LogP contribution in [-0.4, -0.2) is 9.55 Å². The Labute approximate surface area is 97.3 Å². The number of nitrogen functional groups attached to an aromatic ring is 1. The van der Waals surface area contributed by atoms with Crippen molar-refractivity contribution >= 4 is 29.1 Å². The van der Waals surface area contributed by atoms with Crippen LogP contribution < -0.4 is 5.73 Å². The molecule has 0 fully saturated rings. The summed E-state index contributed by atoms with van der Waals surface area (Å²) in [6, 6.07) is 5.49. The molecule has 1 aromatic carbocycles. The number of anilines is 1. The van der Waals surface area contributed by atoms with Gasteiger partial charge in [-0.15, -0.1) is 0 Å². The van der Waals surface area contributed by atoms with Crippen LogP contribution in [0.15, 0.2) is 40.6 Å². The van der Waals surface area contributed by atoms with Crippen LogP contribution >= 0.6 is 23.4 Å². The number of benzene rings is 1. The van der Waals surface area contributed by atoms with Crippen LogP contribution in [0, 0.1) is 0 Å². The quantitative estimate of drug-likeness (QED) is 0.820. The van der Waals surface area contributed by atoms with Gasteiger partial charge in [-0.05, 0) is 23.9 Å². The average Bonchev–Trinajstić information content (AvgIpc) is 2.58. The zero-order valence-corrected chi connectivity index (χ0v) is 9.72. The Morgan fingerprint density at radius 1 is 1.47 bits per heavy atom. The van der Waals surface area contributed by atoms with Crippen molar-refractivity contribution in [3.63, 3.8) is 0 Å². The molecule has 2 N–H and O–H groups in total. The largest absolute Gasteiger partial charge is 0.398 e. The third-order valence-electron chi connectivity index (χ3n) is 1.97. The van der Waals surface area contributed by atoms with Crippen LogP contribution in [-0.2, 0) is 7.05 Å². The molecule has 0 bridgehead atoms. The van der Waals surface area contributed by atoms with Crippen LogP contribution in [0.25, 0.3) is 0 Å². The second-order valence-electron chi connectivity index (χ2n) is 3.08. The number of aryl methyl sites for hydroxylation is 1. The fraction of sp³-hybridized carbons (Fsp3) is 0.100. The molecule has 0 spiro atoms. The van der Waals surface area contributed by atoms with Gasteiger partial charge in [0.05, 0.1) is 9.92 Å². The van der Waals surface area contributed by atoms with E-state index in [0.717, 1.165) is 10.1 Å². The van der Waals surface area contributed by atoms with Crippen molar-refractivity contribution in [3.8, 4) is 0 Å². The van der Waals surface area contributed by atoms with Gasteiger partial charge in [-0.2, -0.15) is 0 Å². The number of rotatable bonds is 2. The fourth-order valence-corrected chi connectivity index (χ4v) is 2.32. The monoisotopic (exact) mass is 239 g/mol. The van der Waals surface area contributed by atoms with Gasteiger partial charge in [-0.1, -0.05) is 17.7 Å². The highest BCUT2D eigenvalue weighted by Crippen LogP contribution is 2.36. The second-order valence-corrected chi connectivity index (χ2v) is 4.47. The Morgan fingerprint density at radius 3 is 2.87 bits per heavy atom. The standard InChI is InChI=1S/C10H10ClN3S/c1-14-6-5-13-10(14)15-9-7(11)3-2-4-8(9)12/h2-6H,12H2,1H3. The number of nitrogens with zero attached hydrogens (tertiary/aromatic N) is 2. The lowest BCUT2D eigenvalue weighted by atomic mass is 10.3. The van der Waals surface area contributed by atoms with E-state index in [2.05, 4.69) is 4.98 Å². The van der Waals surface area contributed by atoms with E-state index >= 15 is 0 Å². The SMILES string of the molecule is Cn1ccnc1Sc1c(N)cccc1Cl. The molecule has 0 unspecified atom stereocenters. The molecule has 78 valence electrons. The summed E-state index contributed by atoms with van der Waals surface area (Å²) in [5, 5.41) is 1.53. The minimum absolute atomic E-state index is 0.656. The third-order valence-corrected chi connectivity index (χ3v) is 3.63. The molecule has 15 heavy (non-hydrogen) atoms. The Bertz CT molecular complexity index is 461. The summed E-state index contributed by atoms with van der Waals surface area (Å²) < 4.78 is 1.92. The molecule has 1 heterocycles. The number of nitrogens with two attached hydrogens (primary N) is 1. The Morgan fingerprint density at radius 2 is 2.27 bits per heavy atom. The van der Waals surface area contributed by atoms with Gasteiger partial charge in [0.15, 0.2) is 5.16 Å². The van der Waals surface area contributed by atoms with E-state index in [1.54, 1.807) is 6.20 Å². The third kappa shape index (κ3) is 2.11. The van der Waals surface area contributed by atoms with Gasteiger partial charge in [-0.25, -0.2) is 4.98 Å². The maximum Gasteiger partial charge on any atom is 0.172 e. The topological polar surface area (TPSA) is 43.8 Å². The highest BCUT2D eigenvalue weighted by molar-refractivity contribution is 7.99. The van der Waals surface area contributed by atoms with E-state index in [-0.39, 0.29) is 0 Å². The van der Waals surface area contributed by atoms with Gasteiger partial charge in [-0.3, -0.25) is 0 Å². The predicted molar refractivity (Wildman–Crippen MR) is 63.2 cm³/mol. The Kier molecular flexibility index (Phi) is 2.88. The van der Waals surface area contributed by atoms with Gasteiger partial charge >= 0.3 is 0 Å². The highest BCUT2D eigenvalue weighted by atomic mass is 35.5. The first-order chi connectivity index (χ1) is 7.18. The van der Waals surface area contributed by atoms with E-state index in [4.69, 9.17) is 17.3 Å². The summed E-state index contributed by atoms with van der Waals surface area (Å²) in [6.45, 7) is 0. The molecule has 0 saturated heterocycles. The number of halogens is 1. The van der Waals surface area contributed by atoms with E-state index in [0.29, 0.717) is 10.7 Å². The van der Waals surface area contributed by atoms with Crippen molar-refractivity contribution < 1.29 is 0 Å². The molecule has 0 saturated carbocycles. The first-order valence-corrected chi connectivity index (χ1v) is 5.57. The van der Waals surface area contributed by atoms with Crippen LogP contribution in [0.1, 0.15) is 0 Å². The number of hydrogen-bond acceptors (Lipinski definition) is 3. The molecule has 0 aliphatic heterocycles. The predicted octanol–water partition coefficient (Wildman–Crippen LogP) is 2.81. The summed E-state index contributed by atoms with van der Waals surface area (Å²) in [4.78, 5) is 5.06. The Hall–Kier alpha value is -1.13. The molecule has 0 aliphatic rings. The fourth-order valence-electron chi connectivity index (χ4n) is 1.17. The molecule has 2 rings (SSSR count). The Balaban J connectivity index is 2.36. The van der Waals surface area contributed by atoms with Crippen molar-refractivity contribution in [1.82, 2.24) is 9.55 Å². The van der Waals surface area contributed by atoms with Gasteiger partial charge in [0, 0.05) is 25.1 Å². The number of aromatic nitrogens is 2. The summed E-state index contributed by atoms with van der Waals surface area (Å²) >= 11 is 7.53. The van der Waals surface area contributed by atoms with Crippen molar-refractivity contribution in [3.05, 3.63) is 35.6 Å². The molecular formula is C10H10ClN3S. The van der Waals surface area contributed by atoms with Gasteiger partial charge < -0.3 is 10.3 Å². The molecule has 0 radical (unpaired) electrons. The number of imidazole rings is 1. The maximum absolute atomic E-state index is 6.06. The van der Waals surface area contributed by atoms with E-state index in [1.165, 1.54) is 11.8 Å².